The van der Waals surface area contributed by atoms with Gasteiger partial charge in [-0.15, -0.1) is 0 Å². The van der Waals surface area contributed by atoms with Crippen LogP contribution in [-0.2, 0) is 19.2 Å². The van der Waals surface area contributed by atoms with Crippen LogP contribution in [0.15, 0.2) is 0 Å². The van der Waals surface area contributed by atoms with Crippen molar-refractivity contribution >= 4 is 23.7 Å². The summed E-state index contributed by atoms with van der Waals surface area (Å²) in [5.41, 5.74) is -0.485. The lowest BCUT2D eigenvalue weighted by molar-refractivity contribution is -0.151. The van der Waals surface area contributed by atoms with Gasteiger partial charge in [0.2, 0.25) is 17.7 Å². The van der Waals surface area contributed by atoms with Crippen molar-refractivity contribution in [3.05, 3.63) is 0 Å². The number of nitrogens with one attached hydrogen (secondary N) is 1. The summed E-state index contributed by atoms with van der Waals surface area (Å²) >= 11 is 0. The molecule has 0 aliphatic carbocycles. The summed E-state index contributed by atoms with van der Waals surface area (Å²) in [6.07, 6.45) is 6.66. The van der Waals surface area contributed by atoms with Crippen molar-refractivity contribution < 1.29 is 24.3 Å². The van der Waals surface area contributed by atoms with Gasteiger partial charge in [0, 0.05) is 26.2 Å². The molecule has 228 valence electrons. The molecule has 3 aliphatic heterocycles. The second kappa shape index (κ2) is 13.6. The summed E-state index contributed by atoms with van der Waals surface area (Å²) in [4.78, 5) is 60.3. The molecule has 3 rings (SSSR count). The minimum absolute atomic E-state index is 0.0924. The van der Waals surface area contributed by atoms with Crippen LogP contribution in [0.2, 0.25) is 0 Å². The molecule has 3 heterocycles. The Balaban J connectivity index is 1.77. The number of likely N-dealkylation sites (N-methyl/N-ethyl adjacent to an activating group) is 2. The van der Waals surface area contributed by atoms with Crippen LogP contribution in [0.4, 0.5) is 0 Å². The van der Waals surface area contributed by atoms with E-state index in [0.29, 0.717) is 32.4 Å². The van der Waals surface area contributed by atoms with Gasteiger partial charge < -0.3 is 20.2 Å². The molecule has 40 heavy (non-hydrogen) atoms. The number of carboxylic acid groups (broad SMARTS) is 1. The summed E-state index contributed by atoms with van der Waals surface area (Å²) in [7, 11) is 3.78. The average Bonchev–Trinajstić information content (AvgIpc) is 3.39. The van der Waals surface area contributed by atoms with Crippen LogP contribution in [0.5, 0.6) is 0 Å². The first-order valence-electron chi connectivity index (χ1n) is 15.3. The number of carbonyl (C=O) groups excluding carboxylic acids is 3. The highest BCUT2D eigenvalue weighted by atomic mass is 16.4. The highest BCUT2D eigenvalue weighted by Gasteiger charge is 2.43. The highest BCUT2D eigenvalue weighted by Crippen LogP contribution is 2.28. The van der Waals surface area contributed by atoms with E-state index >= 15 is 0 Å². The first-order valence-corrected chi connectivity index (χ1v) is 15.3. The lowest BCUT2D eigenvalue weighted by Gasteiger charge is -2.44. The van der Waals surface area contributed by atoms with E-state index in [2.05, 4.69) is 29.0 Å². The zero-order valence-corrected chi connectivity index (χ0v) is 25.8. The van der Waals surface area contributed by atoms with Crippen molar-refractivity contribution in [1.82, 2.24) is 24.9 Å². The van der Waals surface area contributed by atoms with E-state index in [0.717, 1.165) is 45.2 Å². The molecule has 5 atom stereocenters. The third-order valence-electron chi connectivity index (χ3n) is 9.23. The van der Waals surface area contributed by atoms with Gasteiger partial charge in [0.25, 0.3) is 0 Å². The van der Waals surface area contributed by atoms with Crippen LogP contribution < -0.4 is 5.32 Å². The summed E-state index contributed by atoms with van der Waals surface area (Å²) < 4.78 is 0. The first kappa shape index (κ1) is 32.3. The monoisotopic (exact) mass is 563 g/mol. The maximum absolute atomic E-state index is 14.1. The Morgan fingerprint density at radius 2 is 1.50 bits per heavy atom. The fraction of sp³-hybridized carbons (Fsp3) is 0.867. The lowest BCUT2D eigenvalue weighted by atomic mass is 9.84. The second-order valence-corrected chi connectivity index (χ2v) is 13.6. The number of amides is 3. The number of piperidine rings is 2. The molecule has 0 saturated carbocycles. The molecule has 0 bridgehead atoms. The molecular formula is C30H53N5O5. The van der Waals surface area contributed by atoms with Gasteiger partial charge in [-0.3, -0.25) is 24.2 Å². The molecular weight excluding hydrogens is 510 g/mol. The Bertz CT molecular complexity index is 919. The molecule has 3 aliphatic rings. The minimum Gasteiger partial charge on any atom is -0.480 e. The van der Waals surface area contributed by atoms with Gasteiger partial charge in [-0.25, -0.2) is 4.79 Å². The summed E-state index contributed by atoms with van der Waals surface area (Å²) in [5.74, 6) is -1.13. The van der Waals surface area contributed by atoms with Gasteiger partial charge in [0.15, 0.2) is 0 Å². The van der Waals surface area contributed by atoms with E-state index in [9.17, 15) is 24.3 Å². The third kappa shape index (κ3) is 7.55. The predicted molar refractivity (Wildman–Crippen MR) is 155 cm³/mol. The topological polar surface area (TPSA) is 113 Å². The van der Waals surface area contributed by atoms with Gasteiger partial charge in [-0.1, -0.05) is 47.5 Å². The number of likely N-dealkylation sites (tertiary alicyclic amines) is 3. The van der Waals surface area contributed by atoms with Crippen molar-refractivity contribution in [2.75, 3.05) is 40.3 Å². The van der Waals surface area contributed by atoms with Crippen LogP contribution in [-0.4, -0.2) is 119 Å². The van der Waals surface area contributed by atoms with E-state index < -0.39 is 23.5 Å². The molecule has 2 N–H and O–H groups in total. The second-order valence-electron chi connectivity index (χ2n) is 13.6. The molecule has 0 radical (unpaired) electrons. The van der Waals surface area contributed by atoms with E-state index in [1.165, 1.54) is 0 Å². The van der Waals surface area contributed by atoms with Gasteiger partial charge in [0.1, 0.15) is 12.1 Å². The van der Waals surface area contributed by atoms with Crippen molar-refractivity contribution in [1.29, 1.82) is 0 Å². The van der Waals surface area contributed by atoms with E-state index in [1.807, 2.05) is 34.9 Å². The molecule has 3 fully saturated rings. The molecule has 3 amide bonds. The summed E-state index contributed by atoms with van der Waals surface area (Å²) in [6, 6.07) is -2.20. The van der Waals surface area contributed by atoms with E-state index in [1.54, 1.807) is 9.80 Å². The normalized spacial score (nSPS) is 26.4. The number of nitrogens with zero attached hydrogens (tertiary/aromatic N) is 4. The number of hydrogen-bond acceptors (Lipinski definition) is 6. The Morgan fingerprint density at radius 1 is 0.900 bits per heavy atom. The third-order valence-corrected chi connectivity index (χ3v) is 9.23. The number of carboxylic acids is 1. The molecule has 0 aromatic rings. The molecule has 0 aromatic heterocycles. The Labute approximate surface area is 240 Å². The smallest absolute Gasteiger partial charge is 0.326 e. The summed E-state index contributed by atoms with van der Waals surface area (Å²) in [6.45, 7) is 12.7. The first-order chi connectivity index (χ1) is 18.7. The Hall–Kier alpha value is -2.20. The predicted octanol–water partition coefficient (Wildman–Crippen LogP) is 2.41. The SMILES string of the molecule is CC(C)[C@@H](CN1CCCC[C@H]1C(=O)N1CCC[C@H]1C(=O)O)N(C)C(=O)[C@@H](NC(=O)[C@H]1CCCCN1C)C(C)(C)C. The van der Waals surface area contributed by atoms with E-state index in [-0.39, 0.29) is 41.8 Å². The van der Waals surface area contributed by atoms with Crippen LogP contribution in [0.3, 0.4) is 0 Å². The van der Waals surface area contributed by atoms with Gasteiger partial charge in [0.05, 0.1) is 12.1 Å². The quantitative estimate of drug-likeness (QED) is 0.443. The fourth-order valence-corrected chi connectivity index (χ4v) is 6.65. The zero-order valence-electron chi connectivity index (χ0n) is 25.8. The molecule has 0 spiro atoms. The van der Waals surface area contributed by atoms with Crippen molar-refractivity contribution in [2.45, 2.75) is 116 Å². The molecule has 0 unspecified atom stereocenters. The standard InChI is InChI=1S/C30H53N5O5/c1-20(2)24(19-34-17-11-9-14-22(34)27(37)35-18-12-15-23(35)29(39)40)33(7)28(38)25(30(3,4)5)31-26(36)21-13-8-10-16-32(21)6/h20-25H,8-19H2,1-7H3,(H,31,36)(H,39,40)/t21-,22+,23+,24-,25-/m1/s1. The average molecular weight is 564 g/mol. The highest BCUT2D eigenvalue weighted by molar-refractivity contribution is 5.90. The number of rotatable bonds is 9. The van der Waals surface area contributed by atoms with Gasteiger partial charge in [-0.2, -0.15) is 0 Å². The van der Waals surface area contributed by atoms with Crippen LogP contribution >= 0.6 is 0 Å². The Morgan fingerprint density at radius 3 is 2.08 bits per heavy atom. The maximum Gasteiger partial charge on any atom is 0.326 e. The van der Waals surface area contributed by atoms with E-state index in [4.69, 9.17) is 0 Å². The molecule has 10 heteroatoms. The van der Waals surface area contributed by atoms with Gasteiger partial charge >= 0.3 is 5.97 Å². The summed E-state index contributed by atoms with van der Waals surface area (Å²) in [5, 5.41) is 12.8. The van der Waals surface area contributed by atoms with Crippen LogP contribution in [0, 0.1) is 11.3 Å². The molecule has 3 saturated heterocycles. The maximum atomic E-state index is 14.1. The number of carbonyl (C=O) groups is 4. The lowest BCUT2D eigenvalue weighted by Crippen LogP contribution is -2.62. The van der Waals surface area contributed by atoms with Crippen molar-refractivity contribution in [2.24, 2.45) is 11.3 Å². The number of aliphatic carboxylic acids is 1. The zero-order chi connectivity index (χ0) is 29.8. The molecule has 10 nitrogen and oxygen atoms in total. The largest absolute Gasteiger partial charge is 0.480 e. The van der Waals surface area contributed by atoms with Crippen LogP contribution in [0.25, 0.3) is 0 Å². The molecule has 0 aromatic carbocycles. The van der Waals surface area contributed by atoms with Crippen molar-refractivity contribution in [3.63, 3.8) is 0 Å². The van der Waals surface area contributed by atoms with Crippen LogP contribution in [0.1, 0.15) is 86.0 Å². The van der Waals surface area contributed by atoms with Crippen molar-refractivity contribution in [3.8, 4) is 0 Å². The fourth-order valence-electron chi connectivity index (χ4n) is 6.65. The van der Waals surface area contributed by atoms with Gasteiger partial charge in [-0.05, 0) is 70.0 Å². The Kier molecular flexibility index (Phi) is 11.0. The minimum atomic E-state index is -0.937. The number of hydrogen-bond donors (Lipinski definition) is 2.